The first-order valence-corrected chi connectivity index (χ1v) is 7.23. The first kappa shape index (κ1) is 16.6. The summed E-state index contributed by atoms with van der Waals surface area (Å²) in [4.78, 5) is 4.02. The van der Waals surface area contributed by atoms with Gasteiger partial charge in [-0.1, -0.05) is 18.9 Å². The Kier molecular flexibility index (Phi) is 5.26. The number of benzene rings is 1. The van der Waals surface area contributed by atoms with Gasteiger partial charge in [-0.25, -0.2) is 4.39 Å². The van der Waals surface area contributed by atoms with E-state index in [1.807, 2.05) is 0 Å². The molecule has 1 aromatic rings. The summed E-state index contributed by atoms with van der Waals surface area (Å²) >= 11 is 0. The molecule has 2 rings (SSSR count). The third kappa shape index (κ3) is 4.35. The second-order valence-electron chi connectivity index (χ2n) is 5.35. The van der Waals surface area contributed by atoms with Crippen LogP contribution in [-0.2, 0) is 12.7 Å². The molecular formula is C15H19F4N3. The van der Waals surface area contributed by atoms with E-state index in [4.69, 9.17) is 0 Å². The molecule has 122 valence electrons. The normalized spacial score (nSPS) is 16.9. The third-order valence-corrected chi connectivity index (χ3v) is 3.74. The van der Waals surface area contributed by atoms with Gasteiger partial charge < -0.3 is 10.6 Å². The van der Waals surface area contributed by atoms with Crippen molar-refractivity contribution in [2.75, 3.05) is 7.05 Å². The molecule has 1 fully saturated rings. The van der Waals surface area contributed by atoms with Gasteiger partial charge in [0.25, 0.3) is 0 Å². The fraction of sp³-hybridized carbons (Fsp3) is 0.533. The monoisotopic (exact) mass is 317 g/mol. The number of aliphatic imine (C=N–C) groups is 1. The predicted molar refractivity (Wildman–Crippen MR) is 77.0 cm³/mol. The summed E-state index contributed by atoms with van der Waals surface area (Å²) in [7, 11) is 1.57. The molecule has 0 unspecified atom stereocenters. The molecule has 0 amide bonds. The van der Waals surface area contributed by atoms with Gasteiger partial charge in [0.15, 0.2) is 5.96 Å². The van der Waals surface area contributed by atoms with Gasteiger partial charge in [-0.15, -0.1) is 0 Å². The van der Waals surface area contributed by atoms with Crippen molar-refractivity contribution in [3.8, 4) is 0 Å². The fourth-order valence-corrected chi connectivity index (χ4v) is 2.60. The number of rotatable bonds is 3. The van der Waals surface area contributed by atoms with Gasteiger partial charge in [0.05, 0.1) is 5.56 Å². The SMILES string of the molecule is CN=C(NCc1ccc(F)cc1C(F)(F)F)NC1CCCC1. The van der Waals surface area contributed by atoms with Crippen molar-refractivity contribution in [2.45, 2.75) is 44.4 Å². The van der Waals surface area contributed by atoms with E-state index >= 15 is 0 Å². The lowest BCUT2D eigenvalue weighted by atomic mass is 10.1. The summed E-state index contributed by atoms with van der Waals surface area (Å²) in [6.07, 6.45) is -0.229. The Bertz CT molecular complexity index is 534. The second-order valence-corrected chi connectivity index (χ2v) is 5.35. The standard InChI is InChI=1S/C15H19F4N3/c1-20-14(22-12-4-2-3-5-12)21-9-10-6-7-11(16)8-13(10)15(17,18)19/h6-8,12H,2-5,9H2,1H3,(H2,20,21,22). The van der Waals surface area contributed by atoms with Gasteiger partial charge in [0.2, 0.25) is 0 Å². The van der Waals surface area contributed by atoms with Crippen LogP contribution in [0.5, 0.6) is 0 Å². The summed E-state index contributed by atoms with van der Waals surface area (Å²) in [5.41, 5.74) is -0.973. The number of nitrogens with zero attached hydrogens (tertiary/aromatic N) is 1. The quantitative estimate of drug-likeness (QED) is 0.509. The van der Waals surface area contributed by atoms with Crippen LogP contribution < -0.4 is 10.6 Å². The molecule has 2 N–H and O–H groups in total. The minimum atomic E-state index is -4.58. The van der Waals surface area contributed by atoms with Crippen LogP contribution in [0.1, 0.15) is 36.8 Å². The van der Waals surface area contributed by atoms with E-state index in [2.05, 4.69) is 15.6 Å². The molecule has 7 heteroatoms. The molecule has 0 spiro atoms. The van der Waals surface area contributed by atoms with Gasteiger partial charge in [0.1, 0.15) is 5.82 Å². The number of hydrogen-bond donors (Lipinski definition) is 2. The predicted octanol–water partition coefficient (Wildman–Crippen LogP) is 3.45. The van der Waals surface area contributed by atoms with E-state index in [-0.39, 0.29) is 12.1 Å². The lowest BCUT2D eigenvalue weighted by Gasteiger charge is -2.18. The number of nitrogens with one attached hydrogen (secondary N) is 2. The molecule has 0 aromatic heterocycles. The van der Waals surface area contributed by atoms with Crippen LogP contribution in [0, 0.1) is 5.82 Å². The number of hydrogen-bond acceptors (Lipinski definition) is 1. The Morgan fingerprint density at radius 1 is 1.27 bits per heavy atom. The minimum absolute atomic E-state index is 0.0109. The van der Waals surface area contributed by atoms with Crippen molar-refractivity contribution in [1.82, 2.24) is 10.6 Å². The van der Waals surface area contributed by atoms with Gasteiger partial charge in [-0.05, 0) is 30.5 Å². The fourth-order valence-electron chi connectivity index (χ4n) is 2.60. The maximum atomic E-state index is 13.1. The summed E-state index contributed by atoms with van der Waals surface area (Å²) in [6.45, 7) is -0.0679. The van der Waals surface area contributed by atoms with Crippen LogP contribution >= 0.6 is 0 Å². The van der Waals surface area contributed by atoms with Crippen molar-refractivity contribution in [3.05, 3.63) is 35.1 Å². The van der Waals surface area contributed by atoms with Crippen LogP contribution in [0.2, 0.25) is 0 Å². The van der Waals surface area contributed by atoms with E-state index in [9.17, 15) is 17.6 Å². The Hall–Kier alpha value is -1.79. The molecule has 22 heavy (non-hydrogen) atoms. The molecule has 0 atom stereocenters. The average Bonchev–Trinajstić information content (AvgIpc) is 2.96. The molecule has 0 bridgehead atoms. The molecule has 3 nitrogen and oxygen atoms in total. The zero-order valence-corrected chi connectivity index (χ0v) is 12.3. The summed E-state index contributed by atoms with van der Waals surface area (Å²) < 4.78 is 51.8. The van der Waals surface area contributed by atoms with Crippen LogP contribution in [0.15, 0.2) is 23.2 Å². The number of alkyl halides is 3. The highest BCUT2D eigenvalue weighted by molar-refractivity contribution is 5.80. The van der Waals surface area contributed by atoms with Crippen LogP contribution in [0.4, 0.5) is 17.6 Å². The Balaban J connectivity index is 2.03. The Morgan fingerprint density at radius 3 is 2.55 bits per heavy atom. The van der Waals surface area contributed by atoms with Crippen LogP contribution in [0.25, 0.3) is 0 Å². The van der Waals surface area contributed by atoms with Crippen molar-refractivity contribution in [2.24, 2.45) is 4.99 Å². The van der Waals surface area contributed by atoms with E-state index in [1.165, 1.54) is 0 Å². The zero-order chi connectivity index (χ0) is 16.2. The molecule has 0 heterocycles. The van der Waals surface area contributed by atoms with Gasteiger partial charge in [-0.2, -0.15) is 13.2 Å². The van der Waals surface area contributed by atoms with Crippen LogP contribution in [0.3, 0.4) is 0 Å². The molecule has 0 saturated heterocycles. The van der Waals surface area contributed by atoms with Crippen molar-refractivity contribution < 1.29 is 17.6 Å². The van der Waals surface area contributed by atoms with Crippen molar-refractivity contribution >= 4 is 5.96 Å². The molecular weight excluding hydrogens is 298 g/mol. The highest BCUT2D eigenvalue weighted by atomic mass is 19.4. The molecule has 0 radical (unpaired) electrons. The van der Waals surface area contributed by atoms with Gasteiger partial charge >= 0.3 is 6.18 Å². The van der Waals surface area contributed by atoms with E-state index in [1.54, 1.807) is 7.05 Å². The molecule has 1 aliphatic carbocycles. The zero-order valence-electron chi connectivity index (χ0n) is 12.3. The van der Waals surface area contributed by atoms with Crippen molar-refractivity contribution in [3.63, 3.8) is 0 Å². The van der Waals surface area contributed by atoms with Crippen molar-refractivity contribution in [1.29, 1.82) is 0 Å². The molecule has 1 aromatic carbocycles. The molecule has 0 aliphatic heterocycles. The topological polar surface area (TPSA) is 36.4 Å². The number of halogens is 4. The Morgan fingerprint density at radius 2 is 1.95 bits per heavy atom. The van der Waals surface area contributed by atoms with Gasteiger partial charge in [0, 0.05) is 19.6 Å². The first-order valence-electron chi connectivity index (χ1n) is 7.23. The summed E-state index contributed by atoms with van der Waals surface area (Å²) in [6, 6.07) is 3.00. The molecule has 1 saturated carbocycles. The third-order valence-electron chi connectivity index (χ3n) is 3.74. The summed E-state index contributed by atoms with van der Waals surface area (Å²) in [5.74, 6) is -0.436. The average molecular weight is 317 g/mol. The second kappa shape index (κ2) is 6.98. The van der Waals surface area contributed by atoms with E-state index in [0.717, 1.165) is 37.8 Å². The first-order chi connectivity index (χ1) is 10.4. The number of guanidine groups is 1. The van der Waals surface area contributed by atoms with E-state index in [0.29, 0.717) is 18.1 Å². The highest BCUT2D eigenvalue weighted by Crippen LogP contribution is 2.32. The highest BCUT2D eigenvalue weighted by Gasteiger charge is 2.33. The maximum absolute atomic E-state index is 13.1. The summed E-state index contributed by atoms with van der Waals surface area (Å²) in [5, 5.41) is 6.05. The van der Waals surface area contributed by atoms with Gasteiger partial charge in [-0.3, -0.25) is 4.99 Å². The smallest absolute Gasteiger partial charge is 0.354 e. The molecule has 1 aliphatic rings. The lowest BCUT2D eigenvalue weighted by molar-refractivity contribution is -0.138. The minimum Gasteiger partial charge on any atom is -0.354 e. The Labute approximate surface area is 126 Å². The maximum Gasteiger partial charge on any atom is 0.416 e. The van der Waals surface area contributed by atoms with E-state index < -0.39 is 17.6 Å². The van der Waals surface area contributed by atoms with Crippen LogP contribution in [-0.4, -0.2) is 19.0 Å². The largest absolute Gasteiger partial charge is 0.416 e. The lowest BCUT2D eigenvalue weighted by Crippen LogP contribution is -2.42.